The number of nitrogens with one attached hydrogen (secondary N) is 2. The molecular formula is C20H24N2O5S. The predicted molar refractivity (Wildman–Crippen MR) is 109 cm³/mol. The summed E-state index contributed by atoms with van der Waals surface area (Å²) in [7, 11) is -2.55. The molecule has 0 aliphatic heterocycles. The molecule has 8 heteroatoms. The highest BCUT2D eigenvalue weighted by atomic mass is 32.2. The highest BCUT2D eigenvalue weighted by molar-refractivity contribution is 7.93. The summed E-state index contributed by atoms with van der Waals surface area (Å²) in [4.78, 5) is 24.7. The molecule has 0 saturated carbocycles. The number of hydrogen-bond donors (Lipinski definition) is 2. The van der Waals surface area contributed by atoms with E-state index >= 15 is 0 Å². The molecule has 0 spiro atoms. The number of carbonyl (C=O) groups excluding carboxylic acids is 2. The Balaban J connectivity index is 2.09. The predicted octanol–water partition coefficient (Wildman–Crippen LogP) is 2.77. The quantitative estimate of drug-likeness (QED) is 0.704. The maximum Gasteiger partial charge on any atom is 0.242 e. The van der Waals surface area contributed by atoms with Gasteiger partial charge in [0.25, 0.3) is 0 Å². The van der Waals surface area contributed by atoms with Gasteiger partial charge in [-0.05, 0) is 37.6 Å². The van der Waals surface area contributed by atoms with Gasteiger partial charge < -0.3 is 15.4 Å². The van der Waals surface area contributed by atoms with E-state index in [9.17, 15) is 18.0 Å². The van der Waals surface area contributed by atoms with Crippen LogP contribution in [0.4, 0.5) is 11.4 Å². The molecule has 2 amide bonds. The lowest BCUT2D eigenvalue weighted by Gasteiger charge is -2.17. The molecule has 2 aromatic carbocycles. The molecule has 0 saturated heterocycles. The van der Waals surface area contributed by atoms with Crippen molar-refractivity contribution in [2.24, 2.45) is 0 Å². The van der Waals surface area contributed by atoms with E-state index in [1.807, 2.05) is 6.92 Å². The molecule has 0 aromatic heterocycles. The van der Waals surface area contributed by atoms with Crippen LogP contribution in [0.2, 0.25) is 0 Å². The summed E-state index contributed by atoms with van der Waals surface area (Å²) in [5.41, 5.74) is 1.88. The second kappa shape index (κ2) is 9.36. The van der Waals surface area contributed by atoms with Crippen LogP contribution in [0.15, 0.2) is 48.5 Å². The number of ether oxygens (including phenoxy) is 1. The van der Waals surface area contributed by atoms with Gasteiger partial charge in [0.15, 0.2) is 9.84 Å². The zero-order valence-corrected chi connectivity index (χ0v) is 16.9. The molecule has 7 nitrogen and oxygen atoms in total. The molecule has 0 aliphatic carbocycles. The molecule has 0 radical (unpaired) electrons. The van der Waals surface area contributed by atoms with Crippen molar-refractivity contribution in [1.82, 2.24) is 0 Å². The van der Waals surface area contributed by atoms with Crippen molar-refractivity contribution in [2.45, 2.75) is 25.5 Å². The van der Waals surface area contributed by atoms with Gasteiger partial charge in [0.2, 0.25) is 11.8 Å². The number of hydrogen-bond acceptors (Lipinski definition) is 5. The number of anilines is 2. The van der Waals surface area contributed by atoms with Gasteiger partial charge in [-0.2, -0.15) is 0 Å². The van der Waals surface area contributed by atoms with Gasteiger partial charge in [-0.25, -0.2) is 8.42 Å². The lowest BCUT2D eigenvalue weighted by atomic mass is 10.2. The summed E-state index contributed by atoms with van der Waals surface area (Å²) >= 11 is 0. The molecule has 0 heterocycles. The van der Waals surface area contributed by atoms with E-state index in [-0.39, 0.29) is 6.42 Å². The van der Waals surface area contributed by atoms with E-state index in [1.165, 1.54) is 7.11 Å². The number of amides is 2. The van der Waals surface area contributed by atoms with Crippen molar-refractivity contribution in [2.75, 3.05) is 23.5 Å². The Morgan fingerprint density at radius 2 is 1.68 bits per heavy atom. The Morgan fingerprint density at radius 1 is 1.04 bits per heavy atom. The second-order valence-corrected chi connectivity index (χ2v) is 8.49. The lowest BCUT2D eigenvalue weighted by molar-refractivity contribution is -0.115. The molecular weight excluding hydrogens is 380 g/mol. The Hall–Kier alpha value is -2.87. The number of aryl methyl sites for hydroxylation is 1. The van der Waals surface area contributed by atoms with Crippen molar-refractivity contribution < 1.29 is 22.7 Å². The van der Waals surface area contributed by atoms with Crippen LogP contribution in [0.25, 0.3) is 0 Å². The van der Waals surface area contributed by atoms with Crippen molar-refractivity contribution in [1.29, 1.82) is 0 Å². The van der Waals surface area contributed by atoms with E-state index in [2.05, 4.69) is 10.6 Å². The molecule has 150 valence electrons. The van der Waals surface area contributed by atoms with Gasteiger partial charge in [-0.3, -0.25) is 9.59 Å². The van der Waals surface area contributed by atoms with Gasteiger partial charge in [-0.1, -0.05) is 36.8 Å². The highest BCUT2D eigenvalue weighted by Gasteiger charge is 2.33. The van der Waals surface area contributed by atoms with Gasteiger partial charge in [0, 0.05) is 5.69 Å². The summed E-state index contributed by atoms with van der Waals surface area (Å²) in [5.74, 6) is -1.75. The molecule has 2 N–H and O–H groups in total. The fourth-order valence-electron chi connectivity index (χ4n) is 2.68. The third kappa shape index (κ3) is 5.56. The van der Waals surface area contributed by atoms with Crippen molar-refractivity contribution in [3.63, 3.8) is 0 Å². The Bertz CT molecular complexity index is 939. The topological polar surface area (TPSA) is 102 Å². The molecule has 0 bridgehead atoms. The Morgan fingerprint density at radius 3 is 2.29 bits per heavy atom. The minimum absolute atomic E-state index is 0.0428. The van der Waals surface area contributed by atoms with Gasteiger partial charge in [0.05, 0.1) is 12.8 Å². The normalized spacial score (nSPS) is 12.1. The van der Waals surface area contributed by atoms with E-state index in [4.69, 9.17) is 4.74 Å². The van der Waals surface area contributed by atoms with E-state index in [0.717, 1.165) is 5.56 Å². The Kier molecular flexibility index (Phi) is 7.17. The average Bonchev–Trinajstić information content (AvgIpc) is 2.63. The van der Waals surface area contributed by atoms with E-state index in [0.29, 0.717) is 17.1 Å². The van der Waals surface area contributed by atoms with Crippen LogP contribution < -0.4 is 15.4 Å². The SMILES string of the molecule is CCC(C(=O)Nc1ccccc1OC)S(=O)(=O)CC(=O)Nc1ccc(C)cc1. The number of para-hydroxylation sites is 2. The second-order valence-electron chi connectivity index (χ2n) is 6.31. The summed E-state index contributed by atoms with van der Waals surface area (Å²) in [6, 6.07) is 13.7. The first-order valence-electron chi connectivity index (χ1n) is 8.78. The number of carbonyl (C=O) groups is 2. The fourth-order valence-corrected chi connectivity index (χ4v) is 4.21. The van der Waals surface area contributed by atoms with Crippen molar-refractivity contribution >= 4 is 33.0 Å². The minimum Gasteiger partial charge on any atom is -0.495 e. The zero-order valence-electron chi connectivity index (χ0n) is 16.1. The van der Waals surface area contributed by atoms with Crippen LogP contribution in [-0.4, -0.2) is 38.3 Å². The largest absolute Gasteiger partial charge is 0.495 e. The van der Waals surface area contributed by atoms with Gasteiger partial charge >= 0.3 is 0 Å². The molecule has 1 atom stereocenters. The summed E-state index contributed by atoms with van der Waals surface area (Å²) < 4.78 is 30.5. The van der Waals surface area contributed by atoms with Gasteiger partial charge in [-0.15, -0.1) is 0 Å². The summed E-state index contributed by atoms with van der Waals surface area (Å²) in [5, 5.41) is 3.77. The van der Waals surface area contributed by atoms with Gasteiger partial charge in [0.1, 0.15) is 16.8 Å². The standard InChI is InChI=1S/C20H24N2O5S/c1-4-18(20(24)22-16-7-5-6-8-17(16)27-3)28(25,26)13-19(23)21-15-11-9-14(2)10-12-15/h5-12,18H,4,13H2,1-3H3,(H,21,23)(H,22,24). The van der Waals surface area contributed by atoms with E-state index in [1.54, 1.807) is 55.5 Å². The van der Waals surface area contributed by atoms with Crippen LogP contribution >= 0.6 is 0 Å². The molecule has 0 aliphatic rings. The number of rotatable bonds is 8. The molecule has 0 fully saturated rings. The first-order chi connectivity index (χ1) is 13.3. The summed E-state index contributed by atoms with van der Waals surface area (Å²) in [6.45, 7) is 3.49. The highest BCUT2D eigenvalue weighted by Crippen LogP contribution is 2.24. The van der Waals surface area contributed by atoms with Crippen LogP contribution in [0.5, 0.6) is 5.75 Å². The minimum atomic E-state index is -4.00. The number of benzene rings is 2. The first kappa shape index (κ1) is 21.4. The third-order valence-corrected chi connectivity index (χ3v) is 6.21. The van der Waals surface area contributed by atoms with Crippen molar-refractivity contribution in [3.8, 4) is 5.75 Å². The number of sulfone groups is 1. The molecule has 1 unspecified atom stereocenters. The average molecular weight is 404 g/mol. The Labute approximate surface area is 165 Å². The lowest BCUT2D eigenvalue weighted by Crippen LogP contribution is -2.39. The van der Waals surface area contributed by atoms with E-state index < -0.39 is 32.7 Å². The third-order valence-electron chi connectivity index (χ3n) is 4.13. The first-order valence-corrected chi connectivity index (χ1v) is 10.5. The fraction of sp³-hybridized carbons (Fsp3) is 0.300. The maximum absolute atomic E-state index is 12.6. The monoisotopic (exact) mass is 404 g/mol. The van der Waals surface area contributed by atoms with Crippen LogP contribution in [-0.2, 0) is 19.4 Å². The maximum atomic E-state index is 12.6. The zero-order chi connectivity index (χ0) is 20.7. The van der Waals surface area contributed by atoms with Crippen LogP contribution in [0, 0.1) is 6.92 Å². The van der Waals surface area contributed by atoms with Crippen LogP contribution in [0.1, 0.15) is 18.9 Å². The molecule has 2 aromatic rings. The number of methoxy groups -OCH3 is 1. The smallest absolute Gasteiger partial charge is 0.242 e. The van der Waals surface area contributed by atoms with Crippen molar-refractivity contribution in [3.05, 3.63) is 54.1 Å². The summed E-state index contributed by atoms with van der Waals surface area (Å²) in [6.07, 6.45) is 0.0428. The molecule has 2 rings (SSSR count). The van der Waals surface area contributed by atoms with Crippen LogP contribution in [0.3, 0.4) is 0 Å². The molecule has 28 heavy (non-hydrogen) atoms.